The SMILES string of the molecule is ONC(O)c1ccc2c(c1)CCN(C(O)Nc1cccc(C(F)(F)F)c1)C2. The zero-order valence-corrected chi connectivity index (χ0v) is 14.2. The lowest BCUT2D eigenvalue weighted by Crippen LogP contribution is -2.43. The van der Waals surface area contributed by atoms with Gasteiger partial charge in [0.25, 0.3) is 0 Å². The van der Waals surface area contributed by atoms with Crippen molar-refractivity contribution in [1.82, 2.24) is 10.4 Å². The van der Waals surface area contributed by atoms with Crippen molar-refractivity contribution >= 4 is 5.69 Å². The predicted octanol–water partition coefficient (Wildman–Crippen LogP) is 2.42. The first-order valence-corrected chi connectivity index (χ1v) is 8.33. The summed E-state index contributed by atoms with van der Waals surface area (Å²) < 4.78 is 38.4. The molecule has 0 aromatic heterocycles. The van der Waals surface area contributed by atoms with Crippen LogP contribution in [0.4, 0.5) is 18.9 Å². The van der Waals surface area contributed by atoms with E-state index >= 15 is 0 Å². The molecule has 2 unspecified atom stereocenters. The summed E-state index contributed by atoms with van der Waals surface area (Å²) in [5.41, 5.74) is 3.59. The Bertz CT molecular complexity index is 801. The van der Waals surface area contributed by atoms with Crippen LogP contribution in [0.3, 0.4) is 0 Å². The topological polar surface area (TPSA) is 88.0 Å². The van der Waals surface area contributed by atoms with Crippen molar-refractivity contribution < 1.29 is 28.6 Å². The molecule has 0 fully saturated rings. The van der Waals surface area contributed by atoms with E-state index in [4.69, 9.17) is 5.21 Å². The Morgan fingerprint density at radius 3 is 2.52 bits per heavy atom. The van der Waals surface area contributed by atoms with Gasteiger partial charge in [-0.1, -0.05) is 24.3 Å². The fraction of sp³-hybridized carbons (Fsp3) is 0.333. The molecule has 0 radical (unpaired) electrons. The molecule has 0 bridgehead atoms. The van der Waals surface area contributed by atoms with Crippen molar-refractivity contribution in [1.29, 1.82) is 0 Å². The Hall–Kier alpha value is -2.17. The normalized spacial score (nSPS) is 17.3. The van der Waals surface area contributed by atoms with Crippen molar-refractivity contribution in [2.45, 2.75) is 31.7 Å². The van der Waals surface area contributed by atoms with Crippen molar-refractivity contribution in [3.8, 4) is 0 Å². The van der Waals surface area contributed by atoms with Gasteiger partial charge in [-0.3, -0.25) is 4.90 Å². The van der Waals surface area contributed by atoms with Gasteiger partial charge in [-0.05, 0) is 41.3 Å². The Balaban J connectivity index is 1.68. The van der Waals surface area contributed by atoms with E-state index in [0.717, 1.165) is 23.3 Å². The lowest BCUT2D eigenvalue weighted by Gasteiger charge is -2.33. The molecule has 2 atom stereocenters. The summed E-state index contributed by atoms with van der Waals surface area (Å²) in [5.74, 6) is 0. The molecule has 3 rings (SSSR count). The molecule has 2 aromatic carbocycles. The summed E-state index contributed by atoms with van der Waals surface area (Å²) in [6.45, 7) is 0.873. The Labute approximate surface area is 153 Å². The minimum absolute atomic E-state index is 0.176. The van der Waals surface area contributed by atoms with Gasteiger partial charge >= 0.3 is 6.18 Å². The summed E-state index contributed by atoms with van der Waals surface area (Å²) in [6.07, 6.45) is -6.19. The van der Waals surface area contributed by atoms with Gasteiger partial charge < -0.3 is 20.7 Å². The summed E-state index contributed by atoms with van der Waals surface area (Å²) >= 11 is 0. The predicted molar refractivity (Wildman–Crippen MR) is 91.5 cm³/mol. The smallest absolute Gasteiger partial charge is 0.372 e. The van der Waals surface area contributed by atoms with Gasteiger partial charge in [-0.2, -0.15) is 18.7 Å². The molecule has 9 heteroatoms. The van der Waals surface area contributed by atoms with Crippen LogP contribution >= 0.6 is 0 Å². The van der Waals surface area contributed by atoms with Crippen LogP contribution in [0.2, 0.25) is 0 Å². The van der Waals surface area contributed by atoms with Gasteiger partial charge in [0, 0.05) is 18.8 Å². The molecule has 6 nitrogen and oxygen atoms in total. The maximum Gasteiger partial charge on any atom is 0.416 e. The zero-order chi connectivity index (χ0) is 19.6. The van der Waals surface area contributed by atoms with Crippen molar-refractivity contribution in [2.24, 2.45) is 0 Å². The van der Waals surface area contributed by atoms with Gasteiger partial charge in [0.15, 0.2) is 12.6 Å². The molecule has 27 heavy (non-hydrogen) atoms. The van der Waals surface area contributed by atoms with E-state index in [2.05, 4.69) is 5.32 Å². The van der Waals surface area contributed by atoms with Crippen molar-refractivity contribution in [2.75, 3.05) is 11.9 Å². The van der Waals surface area contributed by atoms with Crippen LogP contribution in [0.5, 0.6) is 0 Å². The highest BCUT2D eigenvalue weighted by Crippen LogP contribution is 2.31. The van der Waals surface area contributed by atoms with Crippen LogP contribution in [0.15, 0.2) is 42.5 Å². The molecule has 2 aromatic rings. The number of hydroxylamine groups is 1. The first kappa shape index (κ1) is 19.6. The summed E-state index contributed by atoms with van der Waals surface area (Å²) in [7, 11) is 0. The monoisotopic (exact) mass is 383 g/mol. The van der Waals surface area contributed by atoms with E-state index in [1.807, 2.05) is 0 Å². The molecule has 1 heterocycles. The molecule has 0 aliphatic carbocycles. The van der Waals surface area contributed by atoms with Gasteiger partial charge in [-0.25, -0.2) is 0 Å². The molecular weight excluding hydrogens is 363 g/mol. The summed E-state index contributed by atoms with van der Waals surface area (Å²) in [4.78, 5) is 1.70. The number of halogens is 3. The van der Waals surface area contributed by atoms with E-state index in [1.54, 1.807) is 28.6 Å². The van der Waals surface area contributed by atoms with E-state index in [-0.39, 0.29) is 5.69 Å². The second kappa shape index (κ2) is 7.83. The molecule has 146 valence electrons. The molecule has 1 aliphatic rings. The number of benzene rings is 2. The number of fused-ring (bicyclic) bond motifs is 1. The molecule has 0 amide bonds. The standard InChI is InChI=1S/C18H20F3N3O3/c19-18(20,21)14-2-1-3-15(9-14)22-17(26)24-7-6-11-8-12(16(25)23-27)4-5-13(11)10-24/h1-5,8-9,16-17,22-23,25-27H,6-7,10H2. The molecule has 1 aliphatic heterocycles. The molecular formula is C18H20F3N3O3. The second-order valence-corrected chi connectivity index (χ2v) is 6.38. The third-order valence-corrected chi connectivity index (χ3v) is 4.54. The van der Waals surface area contributed by atoms with E-state index in [9.17, 15) is 23.4 Å². The summed E-state index contributed by atoms with van der Waals surface area (Å²) in [6, 6.07) is 9.89. The number of hydrogen-bond donors (Lipinski definition) is 5. The first-order chi connectivity index (χ1) is 12.8. The van der Waals surface area contributed by atoms with Gasteiger partial charge in [0.1, 0.15) is 0 Å². The average molecular weight is 383 g/mol. The first-order valence-electron chi connectivity index (χ1n) is 8.33. The Morgan fingerprint density at radius 1 is 1.04 bits per heavy atom. The van der Waals surface area contributed by atoms with Gasteiger partial charge in [0.05, 0.1) is 5.56 Å². The number of nitrogens with one attached hydrogen (secondary N) is 2. The second-order valence-electron chi connectivity index (χ2n) is 6.38. The van der Waals surface area contributed by atoms with E-state index in [1.165, 1.54) is 12.1 Å². The van der Waals surface area contributed by atoms with Crippen molar-refractivity contribution in [3.63, 3.8) is 0 Å². The largest absolute Gasteiger partial charge is 0.416 e. The highest BCUT2D eigenvalue weighted by Gasteiger charge is 2.31. The minimum atomic E-state index is -4.45. The van der Waals surface area contributed by atoms with Crippen molar-refractivity contribution in [3.05, 3.63) is 64.7 Å². The number of aliphatic hydroxyl groups is 2. The maximum atomic E-state index is 12.8. The van der Waals surface area contributed by atoms with Crippen LogP contribution in [-0.2, 0) is 19.1 Å². The number of alkyl halides is 3. The summed E-state index contributed by atoms with van der Waals surface area (Å²) in [5, 5.41) is 31.5. The number of hydrogen-bond acceptors (Lipinski definition) is 6. The lowest BCUT2D eigenvalue weighted by atomic mass is 9.97. The third kappa shape index (κ3) is 4.57. The fourth-order valence-electron chi connectivity index (χ4n) is 3.07. The number of aliphatic hydroxyl groups excluding tert-OH is 2. The highest BCUT2D eigenvalue weighted by molar-refractivity contribution is 5.47. The minimum Gasteiger partial charge on any atom is -0.372 e. The number of anilines is 1. The van der Waals surface area contributed by atoms with E-state index < -0.39 is 24.3 Å². The van der Waals surface area contributed by atoms with E-state index in [0.29, 0.717) is 25.1 Å². The lowest BCUT2D eigenvalue weighted by molar-refractivity contribution is -0.137. The molecule has 0 spiro atoms. The Kier molecular flexibility index (Phi) is 5.68. The van der Waals surface area contributed by atoms with Crippen LogP contribution in [0.1, 0.15) is 28.5 Å². The molecule has 0 saturated carbocycles. The van der Waals surface area contributed by atoms with Crippen LogP contribution in [0, 0.1) is 0 Å². The fourth-order valence-corrected chi connectivity index (χ4v) is 3.07. The average Bonchev–Trinajstić information content (AvgIpc) is 2.66. The third-order valence-electron chi connectivity index (χ3n) is 4.54. The van der Waals surface area contributed by atoms with Crippen LogP contribution in [-0.4, -0.2) is 33.2 Å². The van der Waals surface area contributed by atoms with Gasteiger partial charge in [-0.15, -0.1) is 0 Å². The van der Waals surface area contributed by atoms with Gasteiger partial charge in [0.2, 0.25) is 0 Å². The number of nitrogens with zero attached hydrogens (tertiary/aromatic N) is 1. The molecule has 0 saturated heterocycles. The van der Waals surface area contributed by atoms with Crippen LogP contribution in [0.25, 0.3) is 0 Å². The quantitative estimate of drug-likeness (QED) is 0.403. The Morgan fingerprint density at radius 2 is 1.81 bits per heavy atom. The number of rotatable bonds is 5. The maximum absolute atomic E-state index is 12.8. The highest BCUT2D eigenvalue weighted by atomic mass is 19.4. The zero-order valence-electron chi connectivity index (χ0n) is 14.2. The molecule has 5 N–H and O–H groups in total. The van der Waals surface area contributed by atoms with Crippen LogP contribution < -0.4 is 10.8 Å².